The third-order valence-electron chi connectivity index (χ3n) is 5.57. The second kappa shape index (κ2) is 6.64. The molecule has 2 unspecified atom stereocenters. The van der Waals surface area contributed by atoms with Gasteiger partial charge in [0.1, 0.15) is 11.4 Å². The summed E-state index contributed by atoms with van der Waals surface area (Å²) in [4.78, 5) is 14.5. The van der Waals surface area contributed by atoms with E-state index in [0.29, 0.717) is 6.04 Å². The zero-order valence-electron chi connectivity index (χ0n) is 16.1. The fourth-order valence-electron chi connectivity index (χ4n) is 4.40. The van der Waals surface area contributed by atoms with Crippen molar-refractivity contribution < 1.29 is 14.3 Å². The molecule has 4 rings (SSSR count). The largest absolute Gasteiger partial charge is 0.493 e. The number of nitrogens with zero attached hydrogens (tertiary/aromatic N) is 1. The number of amides is 1. The zero-order chi connectivity index (χ0) is 18.3. The fraction of sp³-hybridized carbons (Fsp3) is 0.591. The summed E-state index contributed by atoms with van der Waals surface area (Å²) < 4.78 is 11.2. The first kappa shape index (κ1) is 17.4. The van der Waals surface area contributed by atoms with Crippen LogP contribution in [0.15, 0.2) is 29.8 Å². The average molecular weight is 355 g/mol. The second-order valence-electron chi connectivity index (χ2n) is 8.76. The molecular formula is C22H29NO3. The van der Waals surface area contributed by atoms with E-state index in [4.69, 9.17) is 9.47 Å². The lowest BCUT2D eigenvalue weighted by molar-refractivity contribution is 0.0166. The van der Waals surface area contributed by atoms with E-state index < -0.39 is 5.60 Å². The van der Waals surface area contributed by atoms with E-state index >= 15 is 0 Å². The number of ether oxygens (including phenoxy) is 2. The van der Waals surface area contributed by atoms with Crippen molar-refractivity contribution in [2.45, 2.75) is 77.0 Å². The van der Waals surface area contributed by atoms with Gasteiger partial charge in [0.25, 0.3) is 0 Å². The Hall–Kier alpha value is -1.97. The number of carbonyl (C=O) groups excluding carboxylic acids is 1. The summed E-state index contributed by atoms with van der Waals surface area (Å²) in [5, 5.41) is 0. The highest BCUT2D eigenvalue weighted by atomic mass is 16.6. The molecule has 1 fully saturated rings. The van der Waals surface area contributed by atoms with Gasteiger partial charge in [-0.05, 0) is 70.1 Å². The van der Waals surface area contributed by atoms with Gasteiger partial charge in [0.15, 0.2) is 0 Å². The topological polar surface area (TPSA) is 38.8 Å². The lowest BCUT2D eigenvalue weighted by Crippen LogP contribution is -2.45. The van der Waals surface area contributed by atoms with Crippen LogP contribution in [0, 0.1) is 0 Å². The molecule has 2 atom stereocenters. The summed E-state index contributed by atoms with van der Waals surface area (Å²) in [5.41, 5.74) is 3.79. The number of hydrogen-bond acceptors (Lipinski definition) is 3. The molecule has 4 nitrogen and oxygen atoms in total. The monoisotopic (exact) mass is 355 g/mol. The minimum absolute atomic E-state index is 0.154. The van der Waals surface area contributed by atoms with E-state index in [1.165, 1.54) is 16.7 Å². The average Bonchev–Trinajstić information content (AvgIpc) is 3.13. The first-order chi connectivity index (χ1) is 12.4. The van der Waals surface area contributed by atoms with E-state index in [1.54, 1.807) is 0 Å². The maximum Gasteiger partial charge on any atom is 0.411 e. The first-order valence-corrected chi connectivity index (χ1v) is 9.84. The van der Waals surface area contributed by atoms with Crippen molar-refractivity contribution in [1.29, 1.82) is 0 Å². The highest BCUT2D eigenvalue weighted by molar-refractivity contribution is 5.70. The van der Waals surface area contributed by atoms with Gasteiger partial charge in [-0.2, -0.15) is 0 Å². The molecule has 0 aliphatic carbocycles. The molecule has 4 heteroatoms. The maximum atomic E-state index is 12.5. The van der Waals surface area contributed by atoms with E-state index in [1.807, 2.05) is 25.7 Å². The van der Waals surface area contributed by atoms with Crippen LogP contribution in [-0.2, 0) is 17.6 Å². The maximum absolute atomic E-state index is 12.5. The quantitative estimate of drug-likeness (QED) is 0.741. The molecule has 0 aromatic heterocycles. The summed E-state index contributed by atoms with van der Waals surface area (Å²) in [6.45, 7) is 6.60. The van der Waals surface area contributed by atoms with Crippen molar-refractivity contribution in [2.75, 3.05) is 6.61 Å². The van der Waals surface area contributed by atoms with Crippen LogP contribution in [0.5, 0.6) is 5.75 Å². The van der Waals surface area contributed by atoms with Gasteiger partial charge >= 0.3 is 6.09 Å². The molecule has 3 aliphatic rings. The molecule has 0 radical (unpaired) electrons. The Labute approximate surface area is 156 Å². The van der Waals surface area contributed by atoms with Gasteiger partial charge < -0.3 is 9.47 Å². The van der Waals surface area contributed by atoms with Gasteiger partial charge in [0, 0.05) is 12.5 Å². The van der Waals surface area contributed by atoms with Gasteiger partial charge in [0.2, 0.25) is 0 Å². The Morgan fingerprint density at radius 2 is 2.12 bits per heavy atom. The van der Waals surface area contributed by atoms with Crippen LogP contribution in [0.3, 0.4) is 0 Å². The summed E-state index contributed by atoms with van der Waals surface area (Å²) in [5.74, 6) is 1.05. The number of fused-ring (bicyclic) bond motifs is 3. The number of aryl methyl sites for hydroxylation is 1. The van der Waals surface area contributed by atoms with Crippen LogP contribution in [0.2, 0.25) is 0 Å². The Kier molecular flexibility index (Phi) is 4.45. The molecule has 3 aliphatic heterocycles. The van der Waals surface area contributed by atoms with Crippen molar-refractivity contribution in [2.24, 2.45) is 0 Å². The highest BCUT2D eigenvalue weighted by Crippen LogP contribution is 2.37. The number of hydrogen-bond donors (Lipinski definition) is 0. The zero-order valence-corrected chi connectivity index (χ0v) is 16.1. The van der Waals surface area contributed by atoms with Crippen molar-refractivity contribution in [3.8, 4) is 5.75 Å². The molecule has 26 heavy (non-hydrogen) atoms. The third-order valence-corrected chi connectivity index (χ3v) is 5.57. The van der Waals surface area contributed by atoms with Gasteiger partial charge in [-0.3, -0.25) is 4.90 Å². The predicted molar refractivity (Wildman–Crippen MR) is 102 cm³/mol. The molecule has 1 saturated heterocycles. The number of rotatable bonds is 3. The van der Waals surface area contributed by atoms with E-state index in [-0.39, 0.29) is 12.1 Å². The molecule has 1 amide bonds. The summed E-state index contributed by atoms with van der Waals surface area (Å²) in [7, 11) is 0. The van der Waals surface area contributed by atoms with Crippen LogP contribution < -0.4 is 4.74 Å². The smallest absolute Gasteiger partial charge is 0.411 e. The molecule has 0 saturated carbocycles. The summed E-state index contributed by atoms with van der Waals surface area (Å²) >= 11 is 0. The van der Waals surface area contributed by atoms with Crippen molar-refractivity contribution in [3.63, 3.8) is 0 Å². The van der Waals surface area contributed by atoms with Gasteiger partial charge in [-0.25, -0.2) is 4.79 Å². The minimum atomic E-state index is -0.433. The van der Waals surface area contributed by atoms with Crippen molar-refractivity contribution in [1.82, 2.24) is 4.90 Å². The summed E-state index contributed by atoms with van der Waals surface area (Å²) in [6, 6.07) is 7.12. The van der Waals surface area contributed by atoms with Crippen LogP contribution in [0.1, 0.15) is 57.6 Å². The number of benzene rings is 1. The Morgan fingerprint density at radius 3 is 2.88 bits per heavy atom. The molecule has 140 valence electrons. The van der Waals surface area contributed by atoms with Gasteiger partial charge in [-0.15, -0.1) is 0 Å². The molecule has 3 heterocycles. The van der Waals surface area contributed by atoms with E-state index in [0.717, 1.165) is 50.9 Å². The molecule has 2 bridgehead atoms. The highest BCUT2D eigenvalue weighted by Gasteiger charge is 2.41. The van der Waals surface area contributed by atoms with Crippen molar-refractivity contribution >= 4 is 6.09 Å². The van der Waals surface area contributed by atoms with Crippen LogP contribution in [-0.4, -0.2) is 35.3 Å². The van der Waals surface area contributed by atoms with E-state index in [9.17, 15) is 4.79 Å². The standard InChI is InChI=1S/C22H29NO3/c1-22(2,3)26-21(24)23-18-7-8-19(23)14-16(13-18)5-4-15-6-9-20-17(12-15)10-11-25-20/h6,9,12-13,18-19H,4-5,7-8,10-11,14H2,1-3H3. The number of carbonyl (C=O) groups is 1. The lowest BCUT2D eigenvalue weighted by Gasteiger charge is -2.35. The fourth-order valence-corrected chi connectivity index (χ4v) is 4.40. The Balaban J connectivity index is 1.39. The Bertz CT molecular complexity index is 731. The predicted octanol–water partition coefficient (Wildman–Crippen LogP) is 4.65. The lowest BCUT2D eigenvalue weighted by atomic mass is 9.95. The van der Waals surface area contributed by atoms with Gasteiger partial charge in [-0.1, -0.05) is 23.8 Å². The molecular weight excluding hydrogens is 326 g/mol. The minimum Gasteiger partial charge on any atom is -0.493 e. The molecule has 1 aromatic carbocycles. The van der Waals surface area contributed by atoms with Crippen molar-refractivity contribution in [3.05, 3.63) is 41.0 Å². The van der Waals surface area contributed by atoms with Gasteiger partial charge in [0.05, 0.1) is 12.6 Å². The normalized spacial score (nSPS) is 24.1. The van der Waals surface area contributed by atoms with Crippen LogP contribution in [0.25, 0.3) is 0 Å². The molecule has 1 aromatic rings. The van der Waals surface area contributed by atoms with E-state index in [2.05, 4.69) is 24.3 Å². The SMILES string of the molecule is CC(C)(C)OC(=O)N1C2C=C(CCc3ccc4c(c3)CCO4)CC1CC2. The Morgan fingerprint density at radius 1 is 1.27 bits per heavy atom. The third kappa shape index (κ3) is 3.60. The summed E-state index contributed by atoms with van der Waals surface area (Å²) in [6.07, 6.45) is 8.47. The molecule has 0 spiro atoms. The van der Waals surface area contributed by atoms with Crippen LogP contribution >= 0.6 is 0 Å². The second-order valence-corrected chi connectivity index (χ2v) is 8.76. The first-order valence-electron chi connectivity index (χ1n) is 9.84. The van der Waals surface area contributed by atoms with Crippen LogP contribution in [0.4, 0.5) is 4.79 Å². The molecule has 0 N–H and O–H groups in total.